The second kappa shape index (κ2) is 5.00. The van der Waals surface area contributed by atoms with Crippen molar-refractivity contribution >= 4 is 5.97 Å². The molecule has 0 aromatic carbocycles. The van der Waals surface area contributed by atoms with E-state index in [1.165, 1.54) is 18.3 Å². The topological polar surface area (TPSA) is 62.2 Å². The van der Waals surface area contributed by atoms with Crippen LogP contribution in [0.3, 0.4) is 0 Å². The van der Waals surface area contributed by atoms with Crippen LogP contribution in [0.25, 0.3) is 0 Å². The molecule has 72 valence electrons. The van der Waals surface area contributed by atoms with Gasteiger partial charge in [-0.1, -0.05) is 5.92 Å². The van der Waals surface area contributed by atoms with Gasteiger partial charge in [-0.25, -0.2) is 9.78 Å². The van der Waals surface area contributed by atoms with Crippen LogP contribution in [0.4, 0.5) is 0 Å². The monoisotopic (exact) mass is 190 g/mol. The molecule has 1 heterocycles. The third-order valence-corrected chi connectivity index (χ3v) is 1.49. The standard InChI is InChI=1S/C10H10N2O2/c1-11-5-2-3-9-7-8(10(13)14)4-6-12-9/h4,6-7,11H,5H2,1H3,(H,13,14). The van der Waals surface area contributed by atoms with Gasteiger partial charge in [-0.3, -0.25) is 0 Å². The first-order chi connectivity index (χ1) is 6.74. The zero-order valence-corrected chi connectivity index (χ0v) is 7.74. The highest BCUT2D eigenvalue weighted by atomic mass is 16.4. The molecule has 0 aliphatic carbocycles. The number of carboxylic acids is 1. The van der Waals surface area contributed by atoms with Gasteiger partial charge in [0.15, 0.2) is 0 Å². The van der Waals surface area contributed by atoms with Gasteiger partial charge in [-0.15, -0.1) is 0 Å². The van der Waals surface area contributed by atoms with E-state index in [0.29, 0.717) is 12.2 Å². The summed E-state index contributed by atoms with van der Waals surface area (Å²) >= 11 is 0. The van der Waals surface area contributed by atoms with Crippen LogP contribution in [0.1, 0.15) is 16.1 Å². The summed E-state index contributed by atoms with van der Waals surface area (Å²) in [5.74, 6) is 4.59. The second-order valence-electron chi connectivity index (χ2n) is 2.57. The van der Waals surface area contributed by atoms with Gasteiger partial charge >= 0.3 is 5.97 Å². The maximum atomic E-state index is 10.6. The van der Waals surface area contributed by atoms with Crippen LogP contribution in [-0.4, -0.2) is 29.7 Å². The molecule has 2 N–H and O–H groups in total. The van der Waals surface area contributed by atoms with Crippen molar-refractivity contribution in [1.29, 1.82) is 0 Å². The molecule has 0 radical (unpaired) electrons. The van der Waals surface area contributed by atoms with Crippen LogP contribution < -0.4 is 5.32 Å². The summed E-state index contributed by atoms with van der Waals surface area (Å²) in [5, 5.41) is 11.6. The quantitative estimate of drug-likeness (QED) is 0.660. The van der Waals surface area contributed by atoms with Crippen LogP contribution in [0, 0.1) is 11.8 Å². The Balaban J connectivity index is 2.85. The van der Waals surface area contributed by atoms with Crippen molar-refractivity contribution in [1.82, 2.24) is 10.3 Å². The summed E-state index contributed by atoms with van der Waals surface area (Å²) in [5.41, 5.74) is 0.675. The van der Waals surface area contributed by atoms with Crippen LogP contribution in [0.5, 0.6) is 0 Å². The van der Waals surface area contributed by atoms with E-state index < -0.39 is 5.97 Å². The molecule has 4 nitrogen and oxygen atoms in total. The third-order valence-electron chi connectivity index (χ3n) is 1.49. The molecule has 1 aromatic heterocycles. The highest BCUT2D eigenvalue weighted by Crippen LogP contribution is 1.99. The lowest BCUT2D eigenvalue weighted by atomic mass is 10.2. The third kappa shape index (κ3) is 2.88. The van der Waals surface area contributed by atoms with Crippen molar-refractivity contribution in [2.24, 2.45) is 0 Å². The Kier molecular flexibility index (Phi) is 3.65. The Morgan fingerprint density at radius 3 is 3.14 bits per heavy atom. The Labute approximate surface area is 82.0 Å². The van der Waals surface area contributed by atoms with Gasteiger partial charge in [0.25, 0.3) is 0 Å². The lowest BCUT2D eigenvalue weighted by Crippen LogP contribution is -2.04. The van der Waals surface area contributed by atoms with E-state index in [1.807, 2.05) is 0 Å². The van der Waals surface area contributed by atoms with E-state index in [0.717, 1.165) is 0 Å². The van der Waals surface area contributed by atoms with Crippen molar-refractivity contribution in [3.63, 3.8) is 0 Å². The lowest BCUT2D eigenvalue weighted by Gasteiger charge is -1.93. The predicted octanol–water partition coefficient (Wildman–Crippen LogP) is 0.351. The number of carboxylic acid groups (broad SMARTS) is 1. The first-order valence-electron chi connectivity index (χ1n) is 4.07. The first kappa shape index (κ1) is 10.2. The first-order valence-corrected chi connectivity index (χ1v) is 4.07. The normalized spacial score (nSPS) is 8.93. The molecule has 1 aromatic rings. The molecular weight excluding hydrogens is 180 g/mol. The zero-order valence-electron chi connectivity index (χ0n) is 7.74. The average molecular weight is 190 g/mol. The van der Waals surface area contributed by atoms with Crippen LogP contribution in [0.2, 0.25) is 0 Å². The van der Waals surface area contributed by atoms with Crippen LogP contribution in [-0.2, 0) is 0 Å². The van der Waals surface area contributed by atoms with Gasteiger partial charge in [-0.2, -0.15) is 0 Å². The van der Waals surface area contributed by atoms with E-state index in [2.05, 4.69) is 22.1 Å². The van der Waals surface area contributed by atoms with Crippen molar-refractivity contribution < 1.29 is 9.90 Å². The fourth-order valence-electron chi connectivity index (χ4n) is 0.855. The van der Waals surface area contributed by atoms with Gasteiger partial charge in [0.05, 0.1) is 12.1 Å². The number of carbonyl (C=O) groups is 1. The highest BCUT2D eigenvalue weighted by molar-refractivity contribution is 5.87. The smallest absolute Gasteiger partial charge is 0.335 e. The Morgan fingerprint density at radius 1 is 1.71 bits per heavy atom. The summed E-state index contributed by atoms with van der Waals surface area (Å²) in [6.07, 6.45) is 1.44. The number of pyridine rings is 1. The molecule has 0 atom stereocenters. The number of aromatic carboxylic acids is 1. The average Bonchev–Trinajstić information content (AvgIpc) is 2.19. The number of hydrogen-bond acceptors (Lipinski definition) is 3. The summed E-state index contributed by atoms with van der Waals surface area (Å²) in [6, 6.07) is 2.89. The number of hydrogen-bond donors (Lipinski definition) is 2. The molecule has 0 amide bonds. The van der Waals surface area contributed by atoms with Crippen molar-refractivity contribution in [3.05, 3.63) is 29.6 Å². The van der Waals surface area contributed by atoms with E-state index in [4.69, 9.17) is 5.11 Å². The van der Waals surface area contributed by atoms with Crippen LogP contribution in [0.15, 0.2) is 18.3 Å². The number of aromatic nitrogens is 1. The summed E-state index contributed by atoms with van der Waals surface area (Å²) in [4.78, 5) is 14.5. The molecular formula is C10H10N2O2. The SMILES string of the molecule is CNCC#Cc1cc(C(=O)O)ccn1. The minimum atomic E-state index is -0.968. The predicted molar refractivity (Wildman–Crippen MR) is 52.0 cm³/mol. The van der Waals surface area contributed by atoms with Gasteiger partial charge in [0, 0.05) is 6.20 Å². The van der Waals surface area contributed by atoms with E-state index in [1.54, 1.807) is 7.05 Å². The summed E-state index contributed by atoms with van der Waals surface area (Å²) < 4.78 is 0. The number of nitrogens with one attached hydrogen (secondary N) is 1. The van der Waals surface area contributed by atoms with Crippen molar-refractivity contribution in [2.45, 2.75) is 0 Å². The number of rotatable bonds is 2. The fourth-order valence-corrected chi connectivity index (χ4v) is 0.855. The molecule has 0 fully saturated rings. The second-order valence-corrected chi connectivity index (χ2v) is 2.57. The molecule has 0 spiro atoms. The number of nitrogens with zero attached hydrogens (tertiary/aromatic N) is 1. The molecule has 0 saturated carbocycles. The molecule has 4 heteroatoms. The molecule has 0 bridgehead atoms. The molecule has 14 heavy (non-hydrogen) atoms. The molecule has 0 aliphatic rings. The minimum absolute atomic E-state index is 0.203. The molecule has 0 aliphatic heterocycles. The van der Waals surface area contributed by atoms with Gasteiger partial charge in [0.2, 0.25) is 0 Å². The van der Waals surface area contributed by atoms with E-state index >= 15 is 0 Å². The van der Waals surface area contributed by atoms with E-state index in [-0.39, 0.29) is 5.56 Å². The van der Waals surface area contributed by atoms with Crippen molar-refractivity contribution in [3.8, 4) is 11.8 Å². The molecule has 1 rings (SSSR count). The Morgan fingerprint density at radius 2 is 2.50 bits per heavy atom. The summed E-state index contributed by atoms with van der Waals surface area (Å²) in [7, 11) is 1.79. The Hall–Kier alpha value is -1.86. The van der Waals surface area contributed by atoms with E-state index in [9.17, 15) is 4.79 Å². The lowest BCUT2D eigenvalue weighted by molar-refractivity contribution is 0.0696. The van der Waals surface area contributed by atoms with Crippen molar-refractivity contribution in [2.75, 3.05) is 13.6 Å². The fraction of sp³-hybridized carbons (Fsp3) is 0.200. The maximum Gasteiger partial charge on any atom is 0.335 e. The maximum absolute atomic E-state index is 10.6. The highest BCUT2D eigenvalue weighted by Gasteiger charge is 2.01. The largest absolute Gasteiger partial charge is 0.478 e. The molecule has 0 saturated heterocycles. The summed E-state index contributed by atoms with van der Waals surface area (Å²) in [6.45, 7) is 0.555. The Bertz CT molecular complexity index is 391. The van der Waals surface area contributed by atoms with Gasteiger partial charge in [0.1, 0.15) is 5.69 Å². The van der Waals surface area contributed by atoms with Gasteiger partial charge < -0.3 is 10.4 Å². The zero-order chi connectivity index (χ0) is 10.4. The van der Waals surface area contributed by atoms with Crippen LogP contribution >= 0.6 is 0 Å². The minimum Gasteiger partial charge on any atom is -0.478 e. The van der Waals surface area contributed by atoms with Gasteiger partial charge in [-0.05, 0) is 25.1 Å². The molecule has 0 unspecified atom stereocenters.